The Kier molecular flexibility index (Phi) is 7.48. The van der Waals surface area contributed by atoms with E-state index < -0.39 is 40.7 Å². The van der Waals surface area contributed by atoms with Crippen molar-refractivity contribution < 1.29 is 26.3 Å². The van der Waals surface area contributed by atoms with Crippen molar-refractivity contribution in [1.82, 2.24) is 24.3 Å². The third-order valence-corrected chi connectivity index (χ3v) is 7.58. The number of alkyl halides is 3. The normalized spacial score (nSPS) is 14.1. The Balaban J connectivity index is 1.65. The minimum absolute atomic E-state index is 0.103. The lowest BCUT2D eigenvalue weighted by atomic mass is 9.90. The summed E-state index contributed by atoms with van der Waals surface area (Å²) in [4.78, 5) is 8.45. The van der Waals surface area contributed by atoms with E-state index in [1.807, 2.05) is 4.72 Å². The van der Waals surface area contributed by atoms with Gasteiger partial charge in [-0.05, 0) is 56.5 Å². The van der Waals surface area contributed by atoms with Crippen molar-refractivity contribution in [1.29, 1.82) is 0 Å². The molecule has 8 nitrogen and oxygen atoms in total. The maximum absolute atomic E-state index is 14.6. The van der Waals surface area contributed by atoms with Crippen LogP contribution in [-0.4, -0.2) is 46.3 Å². The predicted octanol–water partition coefficient (Wildman–Crippen LogP) is 5.11. The molecule has 0 aliphatic heterocycles. The van der Waals surface area contributed by atoms with E-state index in [2.05, 4.69) is 15.1 Å². The number of pyridine rings is 1. The van der Waals surface area contributed by atoms with Crippen molar-refractivity contribution in [3.8, 4) is 17.1 Å². The third kappa shape index (κ3) is 5.65. The Morgan fingerprint density at radius 1 is 1.00 bits per heavy atom. The van der Waals surface area contributed by atoms with Gasteiger partial charge in [0.1, 0.15) is 12.4 Å². The zero-order valence-corrected chi connectivity index (χ0v) is 22.1. The summed E-state index contributed by atoms with van der Waals surface area (Å²) in [5.74, 6) is -0.392. The number of aryl methyl sites for hydroxylation is 2. The zero-order chi connectivity index (χ0) is 27.7. The average molecular weight is 548 g/mol. The summed E-state index contributed by atoms with van der Waals surface area (Å²) in [5, 5.41) is 4.23. The van der Waals surface area contributed by atoms with Crippen molar-refractivity contribution in [2.75, 3.05) is 6.61 Å². The van der Waals surface area contributed by atoms with Gasteiger partial charge in [0.15, 0.2) is 11.2 Å². The van der Waals surface area contributed by atoms with Crippen LogP contribution in [0.15, 0.2) is 65.8 Å². The summed E-state index contributed by atoms with van der Waals surface area (Å²) in [7, 11) is -4.52. The van der Waals surface area contributed by atoms with Crippen LogP contribution in [0.4, 0.5) is 13.2 Å². The van der Waals surface area contributed by atoms with Gasteiger partial charge in [0.05, 0.1) is 28.2 Å². The van der Waals surface area contributed by atoms with Gasteiger partial charge in [0, 0.05) is 12.3 Å². The molecule has 38 heavy (non-hydrogen) atoms. The van der Waals surface area contributed by atoms with Crippen LogP contribution in [0.1, 0.15) is 31.5 Å². The lowest BCUT2D eigenvalue weighted by Crippen LogP contribution is -2.62. The highest BCUT2D eigenvalue weighted by molar-refractivity contribution is 7.89. The Morgan fingerprint density at radius 3 is 2.34 bits per heavy atom. The molecule has 0 fully saturated rings. The molecule has 0 aliphatic carbocycles. The molecule has 4 aromatic rings. The molecule has 0 saturated carbocycles. The van der Waals surface area contributed by atoms with Crippen molar-refractivity contribution in [2.24, 2.45) is 5.92 Å². The fourth-order valence-corrected chi connectivity index (χ4v) is 5.57. The summed E-state index contributed by atoms with van der Waals surface area (Å²) in [6.45, 7) is 5.57. The molecular formula is C26H28F3N5O3S. The second-order valence-electron chi connectivity index (χ2n) is 9.60. The topological polar surface area (TPSA) is 98.5 Å². The van der Waals surface area contributed by atoms with E-state index in [1.165, 1.54) is 30.3 Å². The first-order valence-electron chi connectivity index (χ1n) is 11.9. The Bertz CT molecular complexity index is 1540. The van der Waals surface area contributed by atoms with E-state index >= 15 is 0 Å². The molecule has 0 bridgehead atoms. The number of halogens is 3. The second kappa shape index (κ2) is 10.3. The molecule has 1 N–H and O–H groups in total. The first-order valence-corrected chi connectivity index (χ1v) is 13.4. The van der Waals surface area contributed by atoms with E-state index in [-0.39, 0.29) is 10.6 Å². The monoisotopic (exact) mass is 547 g/mol. The average Bonchev–Trinajstić information content (AvgIpc) is 3.31. The largest absolute Gasteiger partial charge is 0.489 e. The molecule has 1 atom stereocenters. The van der Waals surface area contributed by atoms with Gasteiger partial charge in [-0.15, -0.1) is 0 Å². The molecule has 0 aliphatic rings. The van der Waals surface area contributed by atoms with Crippen LogP contribution in [0, 0.1) is 19.8 Å². The molecule has 1 aromatic carbocycles. The maximum Gasteiger partial charge on any atom is 0.410 e. The molecule has 0 spiro atoms. The molecule has 0 saturated heterocycles. The first-order chi connectivity index (χ1) is 17.8. The van der Waals surface area contributed by atoms with Crippen molar-refractivity contribution >= 4 is 15.7 Å². The van der Waals surface area contributed by atoms with Gasteiger partial charge in [-0.25, -0.2) is 22.9 Å². The van der Waals surface area contributed by atoms with Gasteiger partial charge < -0.3 is 4.74 Å². The summed E-state index contributed by atoms with van der Waals surface area (Å²) in [6.07, 6.45) is -2.27. The van der Waals surface area contributed by atoms with Crippen LogP contribution in [-0.2, 0) is 10.0 Å². The maximum atomic E-state index is 14.6. The van der Waals surface area contributed by atoms with Crippen LogP contribution in [0.2, 0.25) is 0 Å². The summed E-state index contributed by atoms with van der Waals surface area (Å²) in [5.41, 5.74) is 0.0270. The van der Waals surface area contributed by atoms with Crippen molar-refractivity contribution in [3.05, 3.63) is 72.2 Å². The smallest absolute Gasteiger partial charge is 0.410 e. The number of hydrogen-bond acceptors (Lipinski definition) is 6. The number of fused-ring (bicyclic) bond motifs is 1. The van der Waals surface area contributed by atoms with E-state index in [1.54, 1.807) is 62.8 Å². The van der Waals surface area contributed by atoms with Crippen LogP contribution in [0.3, 0.4) is 0 Å². The van der Waals surface area contributed by atoms with E-state index in [0.29, 0.717) is 22.7 Å². The predicted molar refractivity (Wildman–Crippen MR) is 136 cm³/mol. The quantitative estimate of drug-likeness (QED) is 0.313. The number of rotatable bonds is 9. The van der Waals surface area contributed by atoms with Crippen molar-refractivity contribution in [3.63, 3.8) is 0 Å². The summed E-state index contributed by atoms with van der Waals surface area (Å²) < 4.78 is 79.1. The van der Waals surface area contributed by atoms with Crippen LogP contribution >= 0.6 is 0 Å². The number of nitrogens with zero attached hydrogens (tertiary/aromatic N) is 4. The van der Waals surface area contributed by atoms with Crippen LogP contribution in [0.25, 0.3) is 17.0 Å². The first kappa shape index (κ1) is 27.5. The lowest BCUT2D eigenvalue weighted by molar-refractivity contribution is -0.203. The minimum Gasteiger partial charge on any atom is -0.489 e. The van der Waals surface area contributed by atoms with Gasteiger partial charge in [0.25, 0.3) is 0 Å². The molecule has 1 unspecified atom stereocenters. The minimum atomic E-state index is -4.95. The number of benzene rings is 1. The molecule has 12 heteroatoms. The Hall–Kier alpha value is -3.51. The van der Waals surface area contributed by atoms with Gasteiger partial charge in [-0.3, -0.25) is 0 Å². The number of nitrogens with one attached hydrogen (secondary N) is 1. The van der Waals surface area contributed by atoms with Gasteiger partial charge >= 0.3 is 6.18 Å². The summed E-state index contributed by atoms with van der Waals surface area (Å²) >= 11 is 0. The van der Waals surface area contributed by atoms with Gasteiger partial charge in [0.2, 0.25) is 10.0 Å². The number of aromatic nitrogens is 4. The Labute approximate surface area is 218 Å². The fraction of sp³-hybridized carbons (Fsp3) is 0.346. The highest BCUT2D eigenvalue weighted by Gasteiger charge is 2.58. The molecular weight excluding hydrogens is 519 g/mol. The van der Waals surface area contributed by atoms with Crippen molar-refractivity contribution in [2.45, 2.75) is 50.7 Å². The van der Waals surface area contributed by atoms with E-state index in [4.69, 9.17) is 4.74 Å². The molecule has 3 aromatic heterocycles. The highest BCUT2D eigenvalue weighted by Crippen LogP contribution is 2.38. The molecule has 4 rings (SSSR count). The molecule has 202 valence electrons. The van der Waals surface area contributed by atoms with E-state index in [0.717, 1.165) is 5.56 Å². The molecule has 0 amide bonds. The second-order valence-corrected chi connectivity index (χ2v) is 11.3. The third-order valence-electron chi connectivity index (χ3n) is 6.02. The Morgan fingerprint density at radius 2 is 1.71 bits per heavy atom. The summed E-state index contributed by atoms with van der Waals surface area (Å²) in [6, 6.07) is 12.2. The lowest BCUT2D eigenvalue weighted by Gasteiger charge is -2.37. The van der Waals surface area contributed by atoms with E-state index in [9.17, 15) is 21.6 Å². The van der Waals surface area contributed by atoms with Gasteiger partial charge in [-0.1, -0.05) is 31.5 Å². The number of sulfonamides is 1. The van der Waals surface area contributed by atoms with Crippen LogP contribution < -0.4 is 9.46 Å². The molecule has 3 heterocycles. The standard InChI is InChI=1S/C26H28F3N5O3S/c1-17(2)15-25(26(27,28)29,33-38(35,36)20-7-5-18(3)6-8-20)16-37-23-10-9-21(32-19(23)4)22-11-13-30-24-12-14-31-34(22)24/h5-14,17,33H,15-16H2,1-4H3. The zero-order valence-electron chi connectivity index (χ0n) is 21.3. The van der Waals surface area contributed by atoms with Crippen LogP contribution in [0.5, 0.6) is 5.75 Å². The SMILES string of the molecule is Cc1ccc(S(=O)(=O)NC(COc2ccc(-c3ccnc4ccnn34)nc2C)(CC(C)C)C(F)(F)F)cc1. The molecule has 0 radical (unpaired) electrons. The number of ether oxygens (including phenoxy) is 1. The number of hydrogen-bond donors (Lipinski definition) is 1. The van der Waals surface area contributed by atoms with Gasteiger partial charge in [-0.2, -0.15) is 23.0 Å². The highest BCUT2D eigenvalue weighted by atomic mass is 32.2. The fourth-order valence-electron chi connectivity index (χ4n) is 4.19.